The van der Waals surface area contributed by atoms with Crippen molar-refractivity contribution in [1.29, 1.82) is 0 Å². The highest BCUT2D eigenvalue weighted by Crippen LogP contribution is 2.13. The molecule has 0 spiro atoms. The van der Waals surface area contributed by atoms with Crippen molar-refractivity contribution in [1.82, 2.24) is 10.2 Å². The summed E-state index contributed by atoms with van der Waals surface area (Å²) in [6, 6.07) is 14.3. The van der Waals surface area contributed by atoms with Crippen LogP contribution in [-0.4, -0.2) is 55.2 Å². The van der Waals surface area contributed by atoms with Crippen LogP contribution in [-0.2, 0) is 16.0 Å². The molecule has 2 aromatic carbocycles. The van der Waals surface area contributed by atoms with Gasteiger partial charge in [-0.3, -0.25) is 9.59 Å². The molecule has 8 heteroatoms. The summed E-state index contributed by atoms with van der Waals surface area (Å²) < 4.78 is 10.4. The molecular weight excluding hydrogens is 390 g/mol. The van der Waals surface area contributed by atoms with Crippen molar-refractivity contribution < 1.29 is 19.1 Å². The van der Waals surface area contributed by atoms with E-state index in [2.05, 4.69) is 10.6 Å². The van der Waals surface area contributed by atoms with Crippen molar-refractivity contribution in [2.24, 2.45) is 0 Å². The maximum absolute atomic E-state index is 12.5. The lowest BCUT2D eigenvalue weighted by molar-refractivity contribution is -0.119. The third-order valence-electron chi connectivity index (χ3n) is 4.46. The van der Waals surface area contributed by atoms with Gasteiger partial charge >= 0.3 is 0 Å². The van der Waals surface area contributed by atoms with Gasteiger partial charge in [0, 0.05) is 24.3 Å². The van der Waals surface area contributed by atoms with Crippen molar-refractivity contribution in [3.8, 4) is 5.75 Å². The van der Waals surface area contributed by atoms with Gasteiger partial charge in [-0.1, -0.05) is 12.1 Å². The molecular formula is C21H23N3O4S. The lowest BCUT2D eigenvalue weighted by atomic mass is 10.1. The standard InChI is InChI=1S/C21H23N3O4S/c1-27-18-8-2-15(3-9-18)14-19(25)23-21(29)22-17-6-4-16(5-7-17)20(26)24-10-12-28-13-11-24/h2-9H,10-14H2,1H3,(H2,22,23,25,29). The predicted molar refractivity (Wildman–Crippen MR) is 114 cm³/mol. The van der Waals surface area contributed by atoms with E-state index in [0.29, 0.717) is 37.6 Å². The zero-order valence-corrected chi connectivity index (χ0v) is 17.0. The van der Waals surface area contributed by atoms with Crippen LogP contribution < -0.4 is 15.4 Å². The van der Waals surface area contributed by atoms with Gasteiger partial charge < -0.3 is 25.0 Å². The summed E-state index contributed by atoms with van der Waals surface area (Å²) in [6.07, 6.45) is 0.207. The van der Waals surface area contributed by atoms with E-state index in [-0.39, 0.29) is 23.3 Å². The summed E-state index contributed by atoms with van der Waals surface area (Å²) in [5.41, 5.74) is 2.15. The maximum atomic E-state index is 12.5. The number of ether oxygens (including phenoxy) is 2. The molecule has 1 fully saturated rings. The average molecular weight is 413 g/mol. The largest absolute Gasteiger partial charge is 0.497 e. The molecule has 1 aliphatic rings. The van der Waals surface area contributed by atoms with Crippen molar-refractivity contribution in [2.75, 3.05) is 38.7 Å². The van der Waals surface area contributed by atoms with Crippen LogP contribution in [0.2, 0.25) is 0 Å². The Labute approximate surface area is 175 Å². The number of morpholine rings is 1. The fourth-order valence-electron chi connectivity index (χ4n) is 2.91. The molecule has 3 rings (SSSR count). The van der Waals surface area contributed by atoms with Crippen LogP contribution in [0.3, 0.4) is 0 Å². The molecule has 0 aromatic heterocycles. The molecule has 0 aliphatic carbocycles. The molecule has 0 bridgehead atoms. The van der Waals surface area contributed by atoms with E-state index in [0.717, 1.165) is 11.3 Å². The van der Waals surface area contributed by atoms with E-state index in [4.69, 9.17) is 21.7 Å². The Kier molecular flexibility index (Phi) is 7.15. The van der Waals surface area contributed by atoms with E-state index in [1.54, 1.807) is 48.4 Å². The Balaban J connectivity index is 1.49. The van der Waals surface area contributed by atoms with Gasteiger partial charge in [-0.25, -0.2) is 0 Å². The molecule has 2 amide bonds. The molecule has 0 atom stereocenters. The van der Waals surface area contributed by atoms with Crippen molar-refractivity contribution >= 4 is 34.8 Å². The first-order valence-electron chi connectivity index (χ1n) is 9.26. The van der Waals surface area contributed by atoms with Gasteiger partial charge in [0.2, 0.25) is 5.91 Å². The number of nitrogens with zero attached hydrogens (tertiary/aromatic N) is 1. The number of hydrogen-bond donors (Lipinski definition) is 2. The highest BCUT2D eigenvalue weighted by molar-refractivity contribution is 7.80. The van der Waals surface area contributed by atoms with Crippen LogP contribution >= 0.6 is 12.2 Å². The molecule has 29 heavy (non-hydrogen) atoms. The molecule has 0 radical (unpaired) electrons. The zero-order chi connectivity index (χ0) is 20.6. The molecule has 1 aliphatic heterocycles. The summed E-state index contributed by atoms with van der Waals surface area (Å²) in [6.45, 7) is 2.33. The van der Waals surface area contributed by atoms with Crippen LogP contribution in [0.15, 0.2) is 48.5 Å². The molecule has 1 heterocycles. The summed E-state index contributed by atoms with van der Waals surface area (Å²) >= 11 is 5.20. The van der Waals surface area contributed by atoms with Gasteiger partial charge in [0.1, 0.15) is 5.75 Å². The smallest absolute Gasteiger partial charge is 0.254 e. The normalized spacial score (nSPS) is 13.5. The minimum atomic E-state index is -0.216. The number of benzene rings is 2. The quantitative estimate of drug-likeness (QED) is 0.732. The summed E-state index contributed by atoms with van der Waals surface area (Å²) in [5, 5.41) is 5.82. The Hall–Kier alpha value is -2.97. The van der Waals surface area contributed by atoms with Crippen LogP contribution in [0.1, 0.15) is 15.9 Å². The number of carbonyl (C=O) groups is 2. The number of anilines is 1. The number of nitrogens with one attached hydrogen (secondary N) is 2. The number of hydrogen-bond acceptors (Lipinski definition) is 5. The fourth-order valence-corrected chi connectivity index (χ4v) is 3.14. The van der Waals surface area contributed by atoms with Crippen molar-refractivity contribution in [3.05, 3.63) is 59.7 Å². The second kappa shape index (κ2) is 9.99. The monoisotopic (exact) mass is 413 g/mol. The van der Waals surface area contributed by atoms with Crippen LogP contribution in [0.25, 0.3) is 0 Å². The SMILES string of the molecule is COc1ccc(CC(=O)NC(=S)Nc2ccc(C(=O)N3CCOCC3)cc2)cc1. The average Bonchev–Trinajstić information content (AvgIpc) is 2.74. The molecule has 7 nitrogen and oxygen atoms in total. The Morgan fingerprint density at radius 1 is 1.07 bits per heavy atom. The number of carbonyl (C=O) groups excluding carboxylic acids is 2. The van der Waals surface area contributed by atoms with Gasteiger partial charge in [-0.05, 0) is 54.2 Å². The van der Waals surface area contributed by atoms with Gasteiger partial charge in [-0.15, -0.1) is 0 Å². The summed E-state index contributed by atoms with van der Waals surface area (Å²) in [5.74, 6) is 0.504. The highest BCUT2D eigenvalue weighted by atomic mass is 32.1. The Bertz CT molecular complexity index is 862. The fraction of sp³-hybridized carbons (Fsp3) is 0.286. The summed E-state index contributed by atoms with van der Waals surface area (Å²) in [7, 11) is 1.59. The third kappa shape index (κ3) is 6.00. The van der Waals surface area contributed by atoms with E-state index >= 15 is 0 Å². The maximum Gasteiger partial charge on any atom is 0.254 e. The van der Waals surface area contributed by atoms with Crippen LogP contribution in [0.5, 0.6) is 5.75 Å². The Morgan fingerprint density at radius 2 is 1.72 bits per heavy atom. The number of methoxy groups -OCH3 is 1. The van der Waals surface area contributed by atoms with E-state index in [1.165, 1.54) is 0 Å². The lowest BCUT2D eigenvalue weighted by Crippen LogP contribution is -2.40. The second-order valence-corrected chi connectivity index (χ2v) is 6.92. The second-order valence-electron chi connectivity index (χ2n) is 6.51. The highest BCUT2D eigenvalue weighted by Gasteiger charge is 2.18. The molecule has 0 saturated carbocycles. The topological polar surface area (TPSA) is 79.9 Å². The van der Waals surface area contributed by atoms with Gasteiger partial charge in [0.15, 0.2) is 5.11 Å². The minimum Gasteiger partial charge on any atom is -0.497 e. The zero-order valence-electron chi connectivity index (χ0n) is 16.1. The number of thiocarbonyl (C=S) groups is 1. The number of rotatable bonds is 5. The molecule has 2 aromatic rings. The van der Waals surface area contributed by atoms with Crippen molar-refractivity contribution in [3.63, 3.8) is 0 Å². The molecule has 2 N–H and O–H groups in total. The predicted octanol–water partition coefficient (Wildman–Crippen LogP) is 2.22. The summed E-state index contributed by atoms with van der Waals surface area (Å²) in [4.78, 5) is 26.4. The molecule has 1 saturated heterocycles. The van der Waals surface area contributed by atoms with E-state index in [9.17, 15) is 9.59 Å². The van der Waals surface area contributed by atoms with Crippen LogP contribution in [0, 0.1) is 0 Å². The molecule has 0 unspecified atom stereocenters. The van der Waals surface area contributed by atoms with Crippen molar-refractivity contribution in [2.45, 2.75) is 6.42 Å². The van der Waals surface area contributed by atoms with E-state index in [1.807, 2.05) is 12.1 Å². The van der Waals surface area contributed by atoms with Crippen LogP contribution in [0.4, 0.5) is 5.69 Å². The molecule has 152 valence electrons. The van der Waals surface area contributed by atoms with Gasteiger partial charge in [-0.2, -0.15) is 0 Å². The third-order valence-corrected chi connectivity index (χ3v) is 4.67. The first-order chi connectivity index (χ1) is 14.0. The number of amides is 2. The van der Waals surface area contributed by atoms with Gasteiger partial charge in [0.05, 0.1) is 26.7 Å². The Morgan fingerprint density at radius 3 is 2.34 bits per heavy atom. The first kappa shape index (κ1) is 20.8. The van der Waals surface area contributed by atoms with Gasteiger partial charge in [0.25, 0.3) is 5.91 Å². The lowest BCUT2D eigenvalue weighted by Gasteiger charge is -2.26. The minimum absolute atomic E-state index is 0.0183. The first-order valence-corrected chi connectivity index (χ1v) is 9.67. The van der Waals surface area contributed by atoms with E-state index < -0.39 is 0 Å².